The molecule has 0 unspecified atom stereocenters. The van der Waals surface area contributed by atoms with Crippen molar-refractivity contribution in [2.45, 2.75) is 32.1 Å². The Morgan fingerprint density at radius 3 is 2.74 bits per heavy atom. The number of allylic oxidation sites excluding steroid dienone is 2. The van der Waals surface area contributed by atoms with Gasteiger partial charge in [0, 0.05) is 10.8 Å². The fourth-order valence-corrected chi connectivity index (χ4v) is 5.12. The molecule has 1 aromatic carbocycles. The third-order valence-corrected chi connectivity index (χ3v) is 6.25. The molecule has 0 amide bonds. The lowest BCUT2D eigenvalue weighted by Crippen LogP contribution is -2.56. The molecular formula is C18H22O. The number of rotatable bonds is 0. The van der Waals surface area contributed by atoms with Crippen molar-refractivity contribution in [1.29, 1.82) is 0 Å². The smallest absolute Gasteiger partial charge is 0.0575 e. The summed E-state index contributed by atoms with van der Waals surface area (Å²) in [5.74, 6) is 1.20. The van der Waals surface area contributed by atoms with Gasteiger partial charge >= 0.3 is 0 Å². The number of aryl methyl sites for hydroxylation is 1. The maximum absolute atomic E-state index is 6.08. The predicted molar refractivity (Wildman–Crippen MR) is 77.2 cm³/mol. The van der Waals surface area contributed by atoms with Gasteiger partial charge in [0.25, 0.3) is 0 Å². The Kier molecular flexibility index (Phi) is 2.30. The molecule has 0 bridgehead atoms. The Hall–Kier alpha value is -1.08. The zero-order valence-corrected chi connectivity index (χ0v) is 11.9. The Morgan fingerprint density at radius 1 is 1.05 bits per heavy atom. The van der Waals surface area contributed by atoms with Gasteiger partial charge in [-0.15, -0.1) is 0 Å². The molecule has 1 aromatic rings. The third-order valence-electron chi connectivity index (χ3n) is 6.25. The van der Waals surface area contributed by atoms with E-state index in [1.165, 1.54) is 12.8 Å². The summed E-state index contributed by atoms with van der Waals surface area (Å²) in [4.78, 5) is 0. The van der Waals surface area contributed by atoms with E-state index < -0.39 is 0 Å². The van der Waals surface area contributed by atoms with Gasteiger partial charge in [-0.2, -0.15) is 0 Å². The summed E-state index contributed by atoms with van der Waals surface area (Å²) < 4.78 is 6.08. The van der Waals surface area contributed by atoms with Crippen LogP contribution in [0.3, 0.4) is 0 Å². The first-order valence-electron chi connectivity index (χ1n) is 7.55. The van der Waals surface area contributed by atoms with Crippen LogP contribution in [0.2, 0.25) is 0 Å². The van der Waals surface area contributed by atoms with Gasteiger partial charge in [-0.3, -0.25) is 0 Å². The van der Waals surface area contributed by atoms with Gasteiger partial charge in [-0.05, 0) is 35.8 Å². The van der Waals surface area contributed by atoms with E-state index in [4.69, 9.17) is 4.74 Å². The van der Waals surface area contributed by atoms with Gasteiger partial charge in [-0.25, -0.2) is 0 Å². The van der Waals surface area contributed by atoms with E-state index in [9.17, 15) is 0 Å². The minimum Gasteiger partial charge on any atom is -0.380 e. The molecule has 0 radical (unpaired) electrons. The minimum absolute atomic E-state index is 0.218. The van der Waals surface area contributed by atoms with Crippen LogP contribution in [-0.2, 0) is 16.6 Å². The van der Waals surface area contributed by atoms with Crippen LogP contribution in [0.5, 0.6) is 0 Å². The summed E-state index contributed by atoms with van der Waals surface area (Å²) in [6, 6.07) is 9.07. The zero-order valence-electron chi connectivity index (χ0n) is 11.9. The van der Waals surface area contributed by atoms with E-state index in [0.29, 0.717) is 17.3 Å². The average Bonchev–Trinajstić information content (AvgIpc) is 2.86. The van der Waals surface area contributed by atoms with Crippen molar-refractivity contribution in [1.82, 2.24) is 0 Å². The van der Waals surface area contributed by atoms with Crippen LogP contribution in [0.4, 0.5) is 0 Å². The number of hydrogen-bond acceptors (Lipinski definition) is 1. The fourth-order valence-electron chi connectivity index (χ4n) is 5.12. The maximum atomic E-state index is 6.08. The summed E-state index contributed by atoms with van der Waals surface area (Å²) in [6.07, 6.45) is 7.36. The van der Waals surface area contributed by atoms with Crippen molar-refractivity contribution < 1.29 is 4.74 Å². The minimum atomic E-state index is 0.218. The molecule has 0 saturated carbocycles. The summed E-state index contributed by atoms with van der Waals surface area (Å²) in [5, 5.41) is 0. The Bertz CT molecular complexity index is 546. The third kappa shape index (κ3) is 1.20. The normalized spacial score (nSPS) is 43.5. The molecule has 4 atom stereocenters. The summed E-state index contributed by atoms with van der Waals surface area (Å²) >= 11 is 0. The van der Waals surface area contributed by atoms with Crippen LogP contribution in [-0.4, -0.2) is 13.2 Å². The largest absolute Gasteiger partial charge is 0.380 e. The van der Waals surface area contributed by atoms with Gasteiger partial charge in [0.15, 0.2) is 0 Å². The van der Waals surface area contributed by atoms with Crippen LogP contribution < -0.4 is 0 Å². The molecule has 1 heteroatoms. The zero-order chi connectivity index (χ0) is 13.1. The molecule has 0 N–H and O–H groups in total. The molecule has 1 saturated heterocycles. The molecule has 3 aliphatic rings. The van der Waals surface area contributed by atoms with Gasteiger partial charge in [0.1, 0.15) is 0 Å². The summed E-state index contributed by atoms with van der Waals surface area (Å²) in [6.45, 7) is 6.62. The van der Waals surface area contributed by atoms with E-state index >= 15 is 0 Å². The molecule has 0 spiro atoms. The van der Waals surface area contributed by atoms with E-state index in [2.05, 4.69) is 50.3 Å². The predicted octanol–water partition coefficient (Wildman–Crippen LogP) is 3.73. The van der Waals surface area contributed by atoms with Crippen molar-refractivity contribution in [3.8, 4) is 0 Å². The molecule has 4 rings (SSSR count). The van der Waals surface area contributed by atoms with Gasteiger partial charge < -0.3 is 4.74 Å². The molecule has 100 valence electrons. The van der Waals surface area contributed by atoms with Crippen LogP contribution in [0.15, 0.2) is 36.4 Å². The molecule has 1 nitrogen and oxygen atoms in total. The number of ether oxygens (including phenoxy) is 1. The molecular weight excluding hydrogens is 232 g/mol. The first-order valence-corrected chi connectivity index (χ1v) is 7.55. The highest BCUT2D eigenvalue weighted by molar-refractivity contribution is 5.45. The Labute approximate surface area is 115 Å². The highest BCUT2D eigenvalue weighted by Crippen LogP contribution is 2.63. The van der Waals surface area contributed by atoms with Crippen molar-refractivity contribution in [3.63, 3.8) is 0 Å². The Balaban J connectivity index is 2.02. The highest BCUT2D eigenvalue weighted by atomic mass is 16.5. The molecule has 1 fully saturated rings. The van der Waals surface area contributed by atoms with Crippen molar-refractivity contribution >= 4 is 0 Å². The quantitative estimate of drug-likeness (QED) is 0.641. The standard InChI is InChI=1S/C18H22O/c1-13-7-8-14(2)18-12-19-11-17(13,18)10-9-15-5-3-4-6-16(15)18/h3-8,13-14H,9-12H2,1-2H3/t13-,14+,17+,18+/m0/s1. The summed E-state index contributed by atoms with van der Waals surface area (Å²) in [5.41, 5.74) is 3.67. The molecule has 19 heavy (non-hydrogen) atoms. The maximum Gasteiger partial charge on any atom is 0.0575 e. The first-order chi connectivity index (χ1) is 9.21. The second-order valence-electron chi connectivity index (χ2n) is 6.74. The average molecular weight is 254 g/mol. The first kappa shape index (κ1) is 11.7. The fraction of sp³-hybridized carbons (Fsp3) is 0.556. The summed E-state index contributed by atoms with van der Waals surface area (Å²) in [7, 11) is 0. The van der Waals surface area contributed by atoms with Crippen LogP contribution >= 0.6 is 0 Å². The lowest BCUT2D eigenvalue weighted by atomic mass is 9.46. The molecule has 2 aliphatic carbocycles. The molecule has 1 heterocycles. The second kappa shape index (κ2) is 3.73. The number of benzene rings is 1. The van der Waals surface area contributed by atoms with Crippen LogP contribution in [0, 0.1) is 17.3 Å². The second-order valence-corrected chi connectivity index (χ2v) is 6.74. The number of hydrogen-bond donors (Lipinski definition) is 0. The van der Waals surface area contributed by atoms with Crippen LogP contribution in [0.25, 0.3) is 0 Å². The van der Waals surface area contributed by atoms with Crippen molar-refractivity contribution in [3.05, 3.63) is 47.5 Å². The van der Waals surface area contributed by atoms with E-state index in [1.807, 2.05) is 0 Å². The highest BCUT2D eigenvalue weighted by Gasteiger charge is 2.63. The Morgan fingerprint density at radius 2 is 1.84 bits per heavy atom. The lowest BCUT2D eigenvalue weighted by Gasteiger charge is -2.56. The molecule has 1 aliphatic heterocycles. The van der Waals surface area contributed by atoms with E-state index in [0.717, 1.165) is 13.2 Å². The SMILES string of the molecule is C[C@@H]1C=C[C@H](C)[C@]23CCc4ccccc4[C@@]12COC3. The monoisotopic (exact) mass is 254 g/mol. The van der Waals surface area contributed by atoms with Crippen molar-refractivity contribution in [2.75, 3.05) is 13.2 Å². The molecule has 0 aromatic heterocycles. The number of fused-ring (bicyclic) bond motifs is 1. The van der Waals surface area contributed by atoms with Crippen LogP contribution in [0.1, 0.15) is 31.4 Å². The topological polar surface area (TPSA) is 9.23 Å². The van der Waals surface area contributed by atoms with Gasteiger partial charge in [0.05, 0.1) is 13.2 Å². The van der Waals surface area contributed by atoms with Crippen molar-refractivity contribution in [2.24, 2.45) is 17.3 Å². The lowest BCUT2D eigenvalue weighted by molar-refractivity contribution is 0.0534. The van der Waals surface area contributed by atoms with Gasteiger partial charge in [0.2, 0.25) is 0 Å². The van der Waals surface area contributed by atoms with E-state index in [1.54, 1.807) is 11.1 Å². The van der Waals surface area contributed by atoms with Gasteiger partial charge in [-0.1, -0.05) is 50.3 Å². The van der Waals surface area contributed by atoms with E-state index in [-0.39, 0.29) is 5.41 Å².